The zero-order chi connectivity index (χ0) is 8.55. The second-order valence-corrected chi connectivity index (χ2v) is 2.53. The van der Waals surface area contributed by atoms with Crippen LogP contribution in [0.4, 0.5) is 0 Å². The molecule has 1 amide bonds. The number of dihydropyridines is 1. The number of rotatable bonds is 0. The van der Waals surface area contributed by atoms with Gasteiger partial charge in [0.2, 0.25) is 0 Å². The summed E-state index contributed by atoms with van der Waals surface area (Å²) in [5.41, 5.74) is 1.47. The van der Waals surface area contributed by atoms with Gasteiger partial charge in [-0.2, -0.15) is 0 Å². The summed E-state index contributed by atoms with van der Waals surface area (Å²) in [6, 6.07) is 0. The molecular weight excluding hydrogens is 154 g/mol. The lowest BCUT2D eigenvalue weighted by atomic mass is 9.98. The van der Waals surface area contributed by atoms with Crippen LogP contribution in [0.5, 0.6) is 0 Å². The number of nitrogens with zero attached hydrogens (tertiary/aromatic N) is 1. The molecule has 2 rings (SSSR count). The van der Waals surface area contributed by atoms with Gasteiger partial charge in [-0.25, -0.2) is 4.99 Å². The molecule has 0 aromatic rings. The van der Waals surface area contributed by atoms with E-state index in [-0.39, 0.29) is 11.7 Å². The highest BCUT2D eigenvalue weighted by molar-refractivity contribution is 6.13. The SMILES string of the molecule is O=C1C=CC2=CC(=O)N=CC2=C1. The number of hydrogen-bond acceptors (Lipinski definition) is 2. The highest BCUT2D eigenvalue weighted by Gasteiger charge is 2.12. The Bertz CT molecular complexity index is 345. The van der Waals surface area contributed by atoms with Crippen LogP contribution in [0.2, 0.25) is 0 Å². The minimum atomic E-state index is -0.277. The molecule has 1 aliphatic carbocycles. The van der Waals surface area contributed by atoms with E-state index in [1.165, 1.54) is 24.4 Å². The van der Waals surface area contributed by atoms with E-state index in [1.54, 1.807) is 6.08 Å². The summed E-state index contributed by atoms with van der Waals surface area (Å²) in [4.78, 5) is 25.2. The van der Waals surface area contributed by atoms with Crippen molar-refractivity contribution in [2.24, 2.45) is 4.99 Å². The quantitative estimate of drug-likeness (QED) is 0.519. The van der Waals surface area contributed by atoms with Gasteiger partial charge in [-0.3, -0.25) is 9.59 Å². The summed E-state index contributed by atoms with van der Waals surface area (Å²) in [5.74, 6) is -0.343. The van der Waals surface area contributed by atoms with Crippen molar-refractivity contribution in [1.29, 1.82) is 0 Å². The maximum atomic E-state index is 10.9. The van der Waals surface area contributed by atoms with Crippen molar-refractivity contribution in [1.82, 2.24) is 0 Å². The summed E-state index contributed by atoms with van der Waals surface area (Å²) in [6.07, 6.45) is 7.35. The van der Waals surface area contributed by atoms with Crippen molar-refractivity contribution in [2.45, 2.75) is 0 Å². The van der Waals surface area contributed by atoms with Gasteiger partial charge in [0.15, 0.2) is 5.78 Å². The van der Waals surface area contributed by atoms with E-state index in [1.807, 2.05) is 0 Å². The number of carbonyl (C=O) groups is 2. The first kappa shape index (κ1) is 6.91. The van der Waals surface area contributed by atoms with Crippen LogP contribution < -0.4 is 0 Å². The molecule has 12 heavy (non-hydrogen) atoms. The molecule has 0 radical (unpaired) electrons. The van der Waals surface area contributed by atoms with Crippen LogP contribution in [0.15, 0.2) is 40.4 Å². The molecule has 0 aromatic heterocycles. The Balaban J connectivity index is 2.48. The van der Waals surface area contributed by atoms with E-state index in [0.29, 0.717) is 5.57 Å². The molecule has 0 atom stereocenters. The molecule has 58 valence electrons. The highest BCUT2D eigenvalue weighted by Crippen LogP contribution is 2.17. The number of allylic oxidation sites excluding steroid dienone is 5. The van der Waals surface area contributed by atoms with Crippen molar-refractivity contribution < 1.29 is 9.59 Å². The minimum absolute atomic E-state index is 0.0667. The Morgan fingerprint density at radius 2 is 1.83 bits per heavy atom. The molecule has 1 aliphatic heterocycles. The minimum Gasteiger partial charge on any atom is -0.290 e. The van der Waals surface area contributed by atoms with Gasteiger partial charge < -0.3 is 0 Å². The van der Waals surface area contributed by atoms with Gasteiger partial charge in [-0.1, -0.05) is 6.08 Å². The van der Waals surface area contributed by atoms with E-state index in [2.05, 4.69) is 4.99 Å². The number of carbonyl (C=O) groups excluding carboxylic acids is 2. The topological polar surface area (TPSA) is 46.5 Å². The average molecular weight is 159 g/mol. The molecular formula is C9H5NO2. The molecule has 0 aromatic carbocycles. The standard InChI is InChI=1S/C9H5NO2/c11-8-2-1-6-4-9(12)10-5-7(6)3-8/h1-5H. The lowest BCUT2D eigenvalue weighted by molar-refractivity contribution is -0.113. The Kier molecular flexibility index (Phi) is 1.37. The maximum absolute atomic E-state index is 10.9. The third-order valence-electron chi connectivity index (χ3n) is 1.67. The molecule has 1 heterocycles. The van der Waals surface area contributed by atoms with E-state index >= 15 is 0 Å². The Hall–Kier alpha value is -1.77. The van der Waals surface area contributed by atoms with Gasteiger partial charge >= 0.3 is 0 Å². The second-order valence-electron chi connectivity index (χ2n) is 2.53. The van der Waals surface area contributed by atoms with Crippen molar-refractivity contribution in [3.05, 3.63) is 35.5 Å². The van der Waals surface area contributed by atoms with Gasteiger partial charge in [-0.15, -0.1) is 0 Å². The number of amides is 1. The number of hydrogen-bond donors (Lipinski definition) is 0. The predicted molar refractivity (Wildman–Crippen MR) is 43.8 cm³/mol. The van der Waals surface area contributed by atoms with Crippen molar-refractivity contribution >= 4 is 17.9 Å². The first-order chi connectivity index (χ1) is 5.75. The smallest absolute Gasteiger partial charge is 0.270 e. The molecule has 0 bridgehead atoms. The number of aliphatic imine (C=N–C) groups is 1. The van der Waals surface area contributed by atoms with Crippen LogP contribution >= 0.6 is 0 Å². The van der Waals surface area contributed by atoms with Gasteiger partial charge in [0, 0.05) is 17.9 Å². The lowest BCUT2D eigenvalue weighted by Gasteiger charge is -2.08. The fraction of sp³-hybridized carbons (Fsp3) is 0. The van der Waals surface area contributed by atoms with Gasteiger partial charge in [0.1, 0.15) is 0 Å². The Labute approximate surface area is 68.8 Å². The maximum Gasteiger partial charge on any atom is 0.270 e. The van der Waals surface area contributed by atoms with Crippen LogP contribution in [0.25, 0.3) is 0 Å². The van der Waals surface area contributed by atoms with E-state index < -0.39 is 0 Å². The Morgan fingerprint density at radius 1 is 1.00 bits per heavy atom. The van der Waals surface area contributed by atoms with Crippen LogP contribution in [-0.2, 0) is 9.59 Å². The van der Waals surface area contributed by atoms with Gasteiger partial charge in [0.25, 0.3) is 5.91 Å². The van der Waals surface area contributed by atoms with Crippen molar-refractivity contribution in [3.63, 3.8) is 0 Å². The zero-order valence-electron chi connectivity index (χ0n) is 6.15. The molecule has 2 aliphatic rings. The Morgan fingerprint density at radius 3 is 2.67 bits per heavy atom. The fourth-order valence-corrected chi connectivity index (χ4v) is 1.10. The summed E-state index contributed by atoms with van der Waals surface area (Å²) < 4.78 is 0. The molecule has 0 saturated heterocycles. The normalized spacial score (nSPS) is 20.3. The van der Waals surface area contributed by atoms with Crippen LogP contribution in [-0.4, -0.2) is 17.9 Å². The number of fused-ring (bicyclic) bond motifs is 1. The summed E-state index contributed by atoms with van der Waals surface area (Å²) >= 11 is 0. The molecule has 3 heteroatoms. The predicted octanol–water partition coefficient (Wildman–Crippen LogP) is 0.589. The van der Waals surface area contributed by atoms with Crippen molar-refractivity contribution in [3.8, 4) is 0 Å². The molecule has 0 saturated carbocycles. The third-order valence-corrected chi connectivity index (χ3v) is 1.67. The number of ketones is 1. The summed E-state index contributed by atoms with van der Waals surface area (Å²) in [6.45, 7) is 0. The second kappa shape index (κ2) is 2.37. The van der Waals surface area contributed by atoms with E-state index in [4.69, 9.17) is 0 Å². The average Bonchev–Trinajstić information content (AvgIpc) is 2.05. The van der Waals surface area contributed by atoms with Crippen LogP contribution in [0, 0.1) is 0 Å². The molecule has 0 spiro atoms. The summed E-state index contributed by atoms with van der Waals surface area (Å²) in [7, 11) is 0. The first-order valence-corrected chi connectivity index (χ1v) is 3.49. The fourth-order valence-electron chi connectivity index (χ4n) is 1.10. The monoisotopic (exact) mass is 159 g/mol. The molecule has 3 nitrogen and oxygen atoms in total. The van der Waals surface area contributed by atoms with Crippen LogP contribution in [0.1, 0.15) is 0 Å². The van der Waals surface area contributed by atoms with Gasteiger partial charge in [0.05, 0.1) is 0 Å². The third kappa shape index (κ3) is 1.05. The summed E-state index contributed by atoms with van der Waals surface area (Å²) in [5, 5.41) is 0. The largest absolute Gasteiger partial charge is 0.290 e. The highest BCUT2D eigenvalue weighted by atomic mass is 16.1. The molecule has 0 N–H and O–H groups in total. The van der Waals surface area contributed by atoms with Gasteiger partial charge in [-0.05, 0) is 17.7 Å². The lowest BCUT2D eigenvalue weighted by Crippen LogP contribution is -2.07. The van der Waals surface area contributed by atoms with Crippen molar-refractivity contribution in [2.75, 3.05) is 0 Å². The molecule has 0 fully saturated rings. The molecule has 0 unspecified atom stereocenters. The van der Waals surface area contributed by atoms with E-state index in [9.17, 15) is 9.59 Å². The zero-order valence-corrected chi connectivity index (χ0v) is 6.15. The van der Waals surface area contributed by atoms with E-state index in [0.717, 1.165) is 5.57 Å². The van der Waals surface area contributed by atoms with Crippen LogP contribution in [0.3, 0.4) is 0 Å². The first-order valence-electron chi connectivity index (χ1n) is 3.49.